The second-order valence-corrected chi connectivity index (χ2v) is 7.35. The molecule has 0 aliphatic carbocycles. The Kier molecular flexibility index (Phi) is 5.78. The van der Waals surface area contributed by atoms with Crippen LogP contribution in [0.15, 0.2) is 18.2 Å². The highest BCUT2D eigenvalue weighted by molar-refractivity contribution is 5.94. The molecule has 1 fully saturated rings. The van der Waals surface area contributed by atoms with Gasteiger partial charge in [0, 0.05) is 31.3 Å². The number of carbonyl (C=O) groups is 2. The molecule has 0 bridgehead atoms. The number of hydrogen-bond donors (Lipinski definition) is 2. The van der Waals surface area contributed by atoms with Gasteiger partial charge >= 0.3 is 12.2 Å². The number of fused-ring (bicyclic) bond motifs is 3. The number of anilines is 1. The molecular weight excluding hydrogens is 397 g/mol. The Bertz CT molecular complexity index is 876. The topological polar surface area (TPSA) is 101 Å². The Hall–Kier alpha value is -2.85. The molecule has 2 atom stereocenters. The molecule has 2 N–H and O–H groups in total. The lowest BCUT2D eigenvalue weighted by Gasteiger charge is -2.32. The van der Waals surface area contributed by atoms with Crippen molar-refractivity contribution >= 4 is 23.4 Å². The van der Waals surface area contributed by atoms with E-state index in [0.29, 0.717) is 36.5 Å². The summed E-state index contributed by atoms with van der Waals surface area (Å²) in [5.41, 5.74) is 1.64. The monoisotopic (exact) mass is 421 g/mol. The number of nitrogens with zero attached hydrogens (tertiary/aromatic N) is 2. The van der Waals surface area contributed by atoms with E-state index in [1.165, 1.54) is 18.1 Å². The van der Waals surface area contributed by atoms with Gasteiger partial charge in [-0.2, -0.15) is 0 Å². The number of cyclic esters (lactones) is 1. The minimum atomic E-state index is -0.633. The molecule has 162 valence electrons. The second-order valence-electron chi connectivity index (χ2n) is 7.35. The van der Waals surface area contributed by atoms with Crippen LogP contribution >= 0.6 is 0 Å². The van der Waals surface area contributed by atoms with E-state index in [0.717, 1.165) is 12.1 Å². The lowest BCUT2D eigenvalue weighted by molar-refractivity contribution is 0.115. The minimum absolute atomic E-state index is 0.0655. The van der Waals surface area contributed by atoms with Crippen molar-refractivity contribution in [1.82, 2.24) is 10.2 Å². The fourth-order valence-corrected chi connectivity index (χ4v) is 4.03. The number of benzene rings is 1. The van der Waals surface area contributed by atoms with Crippen LogP contribution in [-0.2, 0) is 9.47 Å². The standard InChI is InChI=1S/C20H24FN3O6/c1-28-19(26)22-10-18-16-11-29-17-8-13(12-2-4-23(5-3-12)6-7-25)14(21)9-15(17)24(16)20(27)30-18/h2,8-9,16,18,25H,3-7,10-11H2,1H3,(H,22,26)/t16-,18-/m0/s1. The number of rotatable bonds is 5. The zero-order chi connectivity index (χ0) is 21.3. The number of β-amino-alcohol motifs (C(OH)–C–C–N with tert-alkyl or cyclic N) is 1. The van der Waals surface area contributed by atoms with E-state index in [1.807, 2.05) is 6.08 Å². The van der Waals surface area contributed by atoms with Crippen LogP contribution in [0.5, 0.6) is 5.75 Å². The molecule has 1 saturated heterocycles. The summed E-state index contributed by atoms with van der Waals surface area (Å²) in [7, 11) is 1.24. The van der Waals surface area contributed by atoms with Crippen LogP contribution in [0.3, 0.4) is 0 Å². The molecule has 1 aromatic rings. The van der Waals surface area contributed by atoms with Crippen LogP contribution in [0.4, 0.5) is 19.7 Å². The van der Waals surface area contributed by atoms with Crippen LogP contribution in [-0.4, -0.2) is 80.8 Å². The predicted molar refractivity (Wildman–Crippen MR) is 105 cm³/mol. The molecule has 0 aromatic heterocycles. The third-order valence-electron chi connectivity index (χ3n) is 5.62. The van der Waals surface area contributed by atoms with Crippen LogP contribution in [0.25, 0.3) is 5.57 Å². The Morgan fingerprint density at radius 3 is 2.97 bits per heavy atom. The maximum atomic E-state index is 15.0. The van der Waals surface area contributed by atoms with Gasteiger partial charge in [-0.25, -0.2) is 14.0 Å². The maximum absolute atomic E-state index is 15.0. The molecule has 9 nitrogen and oxygen atoms in total. The molecule has 0 saturated carbocycles. The van der Waals surface area contributed by atoms with Gasteiger partial charge in [-0.1, -0.05) is 6.08 Å². The molecular formula is C20H24FN3O6. The summed E-state index contributed by atoms with van der Waals surface area (Å²) in [4.78, 5) is 27.2. The van der Waals surface area contributed by atoms with Crippen molar-refractivity contribution in [3.05, 3.63) is 29.6 Å². The zero-order valence-electron chi connectivity index (χ0n) is 16.6. The van der Waals surface area contributed by atoms with Gasteiger partial charge in [-0.05, 0) is 18.1 Å². The van der Waals surface area contributed by atoms with Crippen LogP contribution < -0.4 is 15.0 Å². The van der Waals surface area contributed by atoms with Gasteiger partial charge in [0.2, 0.25) is 0 Å². The normalized spacial score (nSPS) is 23.1. The molecule has 3 aliphatic heterocycles. The van der Waals surface area contributed by atoms with E-state index in [9.17, 15) is 14.0 Å². The number of halogens is 1. The number of aliphatic hydroxyl groups excluding tert-OH is 1. The summed E-state index contributed by atoms with van der Waals surface area (Å²) >= 11 is 0. The van der Waals surface area contributed by atoms with Crippen molar-refractivity contribution in [1.29, 1.82) is 0 Å². The van der Waals surface area contributed by atoms with Gasteiger partial charge in [0.25, 0.3) is 0 Å². The third-order valence-corrected chi connectivity index (χ3v) is 5.62. The van der Waals surface area contributed by atoms with Gasteiger partial charge in [-0.3, -0.25) is 9.80 Å². The molecule has 0 radical (unpaired) electrons. The van der Waals surface area contributed by atoms with E-state index in [-0.39, 0.29) is 19.8 Å². The summed E-state index contributed by atoms with van der Waals surface area (Å²) in [6.07, 6.45) is 0.742. The summed E-state index contributed by atoms with van der Waals surface area (Å²) in [6.45, 7) is 2.29. The van der Waals surface area contributed by atoms with Crippen molar-refractivity contribution in [2.24, 2.45) is 0 Å². The van der Waals surface area contributed by atoms with Gasteiger partial charge in [0.1, 0.15) is 30.3 Å². The molecule has 1 aromatic carbocycles. The van der Waals surface area contributed by atoms with E-state index in [4.69, 9.17) is 14.6 Å². The van der Waals surface area contributed by atoms with Crippen LogP contribution in [0, 0.1) is 5.82 Å². The maximum Gasteiger partial charge on any atom is 0.415 e. The van der Waals surface area contributed by atoms with Crippen molar-refractivity contribution in [3.63, 3.8) is 0 Å². The number of methoxy groups -OCH3 is 1. The van der Waals surface area contributed by atoms with Crippen molar-refractivity contribution in [3.8, 4) is 5.75 Å². The average Bonchev–Trinajstić information content (AvgIpc) is 3.08. The van der Waals surface area contributed by atoms with Gasteiger partial charge in [-0.15, -0.1) is 0 Å². The Morgan fingerprint density at radius 2 is 2.27 bits per heavy atom. The Balaban J connectivity index is 1.54. The highest BCUT2D eigenvalue weighted by Crippen LogP contribution is 2.42. The molecule has 0 unspecified atom stereocenters. The van der Waals surface area contributed by atoms with E-state index >= 15 is 0 Å². The summed E-state index contributed by atoms with van der Waals surface area (Å²) < 4.78 is 30.7. The Morgan fingerprint density at radius 1 is 1.43 bits per heavy atom. The van der Waals surface area contributed by atoms with Crippen LogP contribution in [0.1, 0.15) is 12.0 Å². The van der Waals surface area contributed by atoms with E-state index in [1.54, 1.807) is 6.07 Å². The molecule has 0 spiro atoms. The first-order valence-electron chi connectivity index (χ1n) is 9.82. The highest BCUT2D eigenvalue weighted by Gasteiger charge is 2.47. The van der Waals surface area contributed by atoms with Crippen molar-refractivity contribution in [2.75, 3.05) is 51.4 Å². The SMILES string of the molecule is COC(=O)NC[C@@H]1OC(=O)N2c3cc(F)c(C4=CCN(CCO)CC4)cc3OC[C@@H]12. The summed E-state index contributed by atoms with van der Waals surface area (Å²) in [5.74, 6) is -0.0244. The van der Waals surface area contributed by atoms with Crippen molar-refractivity contribution in [2.45, 2.75) is 18.6 Å². The first-order chi connectivity index (χ1) is 14.5. The number of carbonyl (C=O) groups excluding carboxylic acids is 2. The number of alkyl carbamates (subject to hydrolysis) is 1. The molecule has 2 amide bonds. The number of hydrogen-bond acceptors (Lipinski definition) is 7. The van der Waals surface area contributed by atoms with Crippen LogP contribution in [0.2, 0.25) is 0 Å². The minimum Gasteiger partial charge on any atom is -0.489 e. The lowest BCUT2D eigenvalue weighted by Crippen LogP contribution is -2.48. The smallest absolute Gasteiger partial charge is 0.415 e. The number of ether oxygens (including phenoxy) is 3. The Labute approximate surface area is 173 Å². The number of amides is 2. The fraction of sp³-hybridized carbons (Fsp3) is 0.500. The summed E-state index contributed by atoms with van der Waals surface area (Å²) in [5, 5.41) is 11.6. The molecule has 3 heterocycles. The zero-order valence-corrected chi connectivity index (χ0v) is 16.6. The van der Waals surface area contributed by atoms with E-state index in [2.05, 4.69) is 15.0 Å². The van der Waals surface area contributed by atoms with Gasteiger partial charge in [0.05, 0.1) is 25.9 Å². The molecule has 4 rings (SSSR count). The van der Waals surface area contributed by atoms with Gasteiger partial charge in [0.15, 0.2) is 0 Å². The first kappa shape index (κ1) is 20.4. The molecule has 30 heavy (non-hydrogen) atoms. The average molecular weight is 421 g/mol. The fourth-order valence-electron chi connectivity index (χ4n) is 4.03. The number of nitrogens with one attached hydrogen (secondary N) is 1. The molecule has 3 aliphatic rings. The predicted octanol–water partition coefficient (Wildman–Crippen LogP) is 1.35. The highest BCUT2D eigenvalue weighted by atomic mass is 19.1. The molecule has 10 heteroatoms. The lowest BCUT2D eigenvalue weighted by atomic mass is 9.97. The van der Waals surface area contributed by atoms with Crippen molar-refractivity contribution < 1.29 is 33.3 Å². The van der Waals surface area contributed by atoms with Gasteiger partial charge < -0.3 is 24.6 Å². The largest absolute Gasteiger partial charge is 0.489 e. The first-order valence-corrected chi connectivity index (χ1v) is 9.82. The quantitative estimate of drug-likeness (QED) is 0.740. The van der Waals surface area contributed by atoms with E-state index < -0.39 is 30.1 Å². The second kappa shape index (κ2) is 8.49. The summed E-state index contributed by atoms with van der Waals surface area (Å²) in [6, 6.07) is 2.45. The number of aliphatic hydroxyl groups is 1. The third kappa shape index (κ3) is 3.80.